The van der Waals surface area contributed by atoms with Crippen molar-refractivity contribution in [1.82, 2.24) is 4.90 Å². The maximum atomic E-state index is 12.3. The van der Waals surface area contributed by atoms with E-state index in [4.69, 9.17) is 9.47 Å². The Bertz CT molecular complexity index is 911. The first kappa shape index (κ1) is 21.0. The number of nitrogens with zero attached hydrogens (tertiary/aromatic N) is 1. The molecule has 1 amide bonds. The number of hydrogen-bond acceptors (Lipinski definition) is 6. The molecule has 1 fully saturated rings. The monoisotopic (exact) mass is 413 g/mol. The van der Waals surface area contributed by atoms with Crippen molar-refractivity contribution in [3.8, 4) is 0 Å². The van der Waals surface area contributed by atoms with E-state index >= 15 is 0 Å². The highest BCUT2D eigenvalue weighted by Gasteiger charge is 2.19. The largest absolute Gasteiger partial charge is 0.454 e. The van der Waals surface area contributed by atoms with Crippen molar-refractivity contribution in [1.29, 1.82) is 0 Å². The minimum atomic E-state index is -0.570. The van der Waals surface area contributed by atoms with Crippen LogP contribution < -0.4 is 0 Å². The number of rotatable bonds is 7. The highest BCUT2D eigenvalue weighted by Crippen LogP contribution is 2.19. The molecule has 2 heterocycles. The summed E-state index contributed by atoms with van der Waals surface area (Å²) in [5.41, 5.74) is 1.98. The van der Waals surface area contributed by atoms with E-state index in [9.17, 15) is 14.4 Å². The van der Waals surface area contributed by atoms with Crippen molar-refractivity contribution in [3.63, 3.8) is 0 Å². The van der Waals surface area contributed by atoms with Crippen LogP contribution in [-0.2, 0) is 25.5 Å². The molecule has 1 aliphatic heterocycles. The van der Waals surface area contributed by atoms with Crippen molar-refractivity contribution in [2.75, 3.05) is 32.9 Å². The zero-order chi connectivity index (χ0) is 20.6. The second-order valence-electron chi connectivity index (χ2n) is 6.71. The summed E-state index contributed by atoms with van der Waals surface area (Å²) in [6, 6.07) is 11.1. The smallest absolute Gasteiger partial charge is 0.331 e. The third-order valence-electron chi connectivity index (χ3n) is 4.43. The number of carbonyl (C=O) groups is 3. The lowest BCUT2D eigenvalue weighted by Gasteiger charge is -2.26. The third-order valence-corrected chi connectivity index (χ3v) is 5.55. The van der Waals surface area contributed by atoms with Gasteiger partial charge < -0.3 is 14.4 Å². The van der Waals surface area contributed by atoms with Crippen LogP contribution in [-0.4, -0.2) is 55.5 Å². The lowest BCUT2D eigenvalue weighted by molar-refractivity contribution is -0.136. The second kappa shape index (κ2) is 10.1. The van der Waals surface area contributed by atoms with Gasteiger partial charge in [-0.3, -0.25) is 9.59 Å². The molecule has 0 N–H and O–H groups in total. The van der Waals surface area contributed by atoms with Crippen LogP contribution in [0.5, 0.6) is 0 Å². The van der Waals surface area contributed by atoms with Gasteiger partial charge in [-0.1, -0.05) is 29.8 Å². The predicted octanol–water partition coefficient (Wildman–Crippen LogP) is 2.90. The number of morpholine rings is 1. The molecule has 0 unspecified atom stereocenters. The second-order valence-corrected chi connectivity index (χ2v) is 7.88. The van der Waals surface area contributed by atoms with Crippen molar-refractivity contribution in [2.24, 2.45) is 0 Å². The van der Waals surface area contributed by atoms with Gasteiger partial charge in [0.1, 0.15) is 0 Å². The van der Waals surface area contributed by atoms with Crippen molar-refractivity contribution >= 4 is 35.1 Å². The maximum absolute atomic E-state index is 12.3. The van der Waals surface area contributed by atoms with Gasteiger partial charge in [-0.15, -0.1) is 11.3 Å². The average Bonchev–Trinajstić information content (AvgIpc) is 3.19. The molecular weight excluding hydrogens is 390 g/mol. The summed E-state index contributed by atoms with van der Waals surface area (Å²) in [5, 5.41) is 0. The van der Waals surface area contributed by atoms with E-state index in [0.717, 1.165) is 16.0 Å². The predicted molar refractivity (Wildman–Crippen MR) is 111 cm³/mol. The van der Waals surface area contributed by atoms with E-state index in [-0.39, 0.29) is 24.7 Å². The Morgan fingerprint density at radius 1 is 1.17 bits per heavy atom. The third kappa shape index (κ3) is 6.37. The Labute approximate surface area is 173 Å². The van der Waals surface area contributed by atoms with Crippen LogP contribution >= 0.6 is 11.3 Å². The van der Waals surface area contributed by atoms with Gasteiger partial charge in [0.25, 0.3) is 0 Å². The van der Waals surface area contributed by atoms with E-state index in [1.54, 1.807) is 23.1 Å². The van der Waals surface area contributed by atoms with Gasteiger partial charge in [-0.25, -0.2) is 4.79 Å². The van der Waals surface area contributed by atoms with Gasteiger partial charge in [-0.05, 0) is 30.7 Å². The van der Waals surface area contributed by atoms with Crippen molar-refractivity contribution in [2.45, 2.75) is 13.3 Å². The molecule has 7 heteroatoms. The van der Waals surface area contributed by atoms with Crippen LogP contribution in [0.3, 0.4) is 0 Å². The van der Waals surface area contributed by atoms with Gasteiger partial charge in [0.2, 0.25) is 11.7 Å². The summed E-state index contributed by atoms with van der Waals surface area (Å²) in [5.74, 6) is -0.821. The summed E-state index contributed by atoms with van der Waals surface area (Å²) in [7, 11) is 0. The fourth-order valence-electron chi connectivity index (χ4n) is 2.89. The van der Waals surface area contributed by atoms with Crippen LogP contribution in [0, 0.1) is 6.92 Å². The molecule has 1 saturated heterocycles. The first-order valence-electron chi connectivity index (χ1n) is 9.40. The number of ether oxygens (including phenoxy) is 2. The Morgan fingerprint density at radius 2 is 1.97 bits per heavy atom. The molecule has 0 spiro atoms. The van der Waals surface area contributed by atoms with Gasteiger partial charge >= 0.3 is 5.97 Å². The summed E-state index contributed by atoms with van der Waals surface area (Å²) in [4.78, 5) is 39.5. The maximum Gasteiger partial charge on any atom is 0.331 e. The van der Waals surface area contributed by atoms with Crippen molar-refractivity contribution in [3.05, 3.63) is 63.4 Å². The zero-order valence-electron chi connectivity index (χ0n) is 16.3. The summed E-state index contributed by atoms with van der Waals surface area (Å²) in [6.45, 7) is 3.96. The van der Waals surface area contributed by atoms with Crippen LogP contribution in [0.15, 0.2) is 42.5 Å². The number of Topliss-reactive ketones (excluding diaryl/α,β-unsaturated/α-hetero) is 1. The number of thiophene rings is 1. The van der Waals surface area contributed by atoms with Crippen LogP contribution in [0.2, 0.25) is 0 Å². The number of carbonyl (C=O) groups excluding carboxylic acids is 3. The molecule has 1 aromatic carbocycles. The van der Waals surface area contributed by atoms with E-state index in [0.29, 0.717) is 31.2 Å². The summed E-state index contributed by atoms with van der Waals surface area (Å²) in [6.07, 6.45) is 3.22. The minimum absolute atomic E-state index is 0.0295. The molecule has 0 radical (unpaired) electrons. The van der Waals surface area contributed by atoms with Crippen LogP contribution in [0.1, 0.15) is 25.7 Å². The summed E-state index contributed by atoms with van der Waals surface area (Å²) >= 11 is 1.26. The SMILES string of the molecule is Cc1cccc(/C=C/C(=O)OCC(=O)c2ccc(CC(=O)N3CCOCC3)s2)c1. The molecule has 29 heavy (non-hydrogen) atoms. The van der Waals surface area contributed by atoms with Gasteiger partial charge in [0.15, 0.2) is 6.61 Å². The minimum Gasteiger partial charge on any atom is -0.454 e. The molecule has 0 bridgehead atoms. The molecule has 1 aromatic heterocycles. The van der Waals surface area contributed by atoms with E-state index in [1.807, 2.05) is 31.2 Å². The standard InChI is InChI=1S/C22H23NO5S/c1-16-3-2-4-17(13-16)5-8-22(26)28-15-19(24)20-7-6-18(29-20)14-21(25)23-9-11-27-12-10-23/h2-8,13H,9-12,14-15H2,1H3/b8-5+. The zero-order valence-corrected chi connectivity index (χ0v) is 17.1. The topological polar surface area (TPSA) is 72.9 Å². The fraction of sp³-hybridized carbons (Fsp3) is 0.318. The number of aryl methyl sites for hydroxylation is 1. The quantitative estimate of drug-likeness (QED) is 0.396. The lowest BCUT2D eigenvalue weighted by Crippen LogP contribution is -2.41. The Morgan fingerprint density at radius 3 is 2.72 bits per heavy atom. The number of amides is 1. The highest BCUT2D eigenvalue weighted by molar-refractivity contribution is 7.14. The number of esters is 1. The number of benzene rings is 1. The molecule has 3 rings (SSSR count). The molecule has 0 aliphatic carbocycles. The van der Waals surface area contributed by atoms with Gasteiger partial charge in [-0.2, -0.15) is 0 Å². The molecule has 6 nitrogen and oxygen atoms in total. The first-order chi connectivity index (χ1) is 14.0. The molecule has 2 aromatic rings. The average molecular weight is 413 g/mol. The van der Waals surface area contributed by atoms with E-state index < -0.39 is 5.97 Å². The van der Waals surface area contributed by atoms with Crippen molar-refractivity contribution < 1.29 is 23.9 Å². The lowest BCUT2D eigenvalue weighted by atomic mass is 10.1. The van der Waals surface area contributed by atoms with E-state index in [2.05, 4.69) is 0 Å². The Balaban J connectivity index is 1.47. The number of ketones is 1. The van der Waals surface area contributed by atoms with Crippen LogP contribution in [0.4, 0.5) is 0 Å². The van der Waals surface area contributed by atoms with E-state index in [1.165, 1.54) is 17.4 Å². The van der Waals surface area contributed by atoms with Crippen LogP contribution in [0.25, 0.3) is 6.08 Å². The highest BCUT2D eigenvalue weighted by atomic mass is 32.1. The first-order valence-corrected chi connectivity index (χ1v) is 10.2. The molecule has 152 valence electrons. The molecule has 0 saturated carbocycles. The Kier molecular flexibility index (Phi) is 7.32. The summed E-state index contributed by atoms with van der Waals surface area (Å²) < 4.78 is 10.3. The molecular formula is C22H23NO5S. The normalized spacial score (nSPS) is 14.2. The Hall–Kier alpha value is -2.77. The van der Waals surface area contributed by atoms with Gasteiger partial charge in [0.05, 0.1) is 24.5 Å². The number of hydrogen-bond donors (Lipinski definition) is 0. The molecule has 1 aliphatic rings. The van der Waals surface area contributed by atoms with Gasteiger partial charge in [0, 0.05) is 24.0 Å². The fourth-order valence-corrected chi connectivity index (χ4v) is 3.81. The molecule has 0 atom stereocenters.